The summed E-state index contributed by atoms with van der Waals surface area (Å²) in [6, 6.07) is 0. The van der Waals surface area contributed by atoms with Gasteiger partial charge in [0.25, 0.3) is 0 Å². The maximum absolute atomic E-state index is 12.1. The molecular formula is C37H70O5Si2. The predicted molar refractivity (Wildman–Crippen MR) is 187 cm³/mol. The molecule has 0 saturated heterocycles. The Morgan fingerprint density at radius 1 is 0.864 bits per heavy atom. The highest BCUT2D eigenvalue weighted by Gasteiger charge is 2.66. The summed E-state index contributed by atoms with van der Waals surface area (Å²) in [5, 5.41) is 12.3. The van der Waals surface area contributed by atoms with Gasteiger partial charge in [0.15, 0.2) is 16.6 Å². The quantitative estimate of drug-likeness (QED) is 0.209. The summed E-state index contributed by atoms with van der Waals surface area (Å²) in [6.07, 6.45) is 9.28. The second-order valence-corrected chi connectivity index (χ2v) is 28.8. The summed E-state index contributed by atoms with van der Waals surface area (Å²) in [6.45, 7) is 31.2. The number of carbonyl (C=O) groups excluding carboxylic acids is 1. The van der Waals surface area contributed by atoms with E-state index in [0.717, 1.165) is 38.5 Å². The van der Waals surface area contributed by atoms with Gasteiger partial charge in [-0.3, -0.25) is 4.79 Å². The molecule has 1 N–H and O–H groups in total. The van der Waals surface area contributed by atoms with Gasteiger partial charge in [0, 0.05) is 12.5 Å². The summed E-state index contributed by atoms with van der Waals surface area (Å²) in [5.74, 6) is 2.80. The van der Waals surface area contributed by atoms with Crippen LogP contribution in [0.25, 0.3) is 0 Å². The van der Waals surface area contributed by atoms with Gasteiger partial charge in [0.1, 0.15) is 0 Å². The normalized spacial score (nSPS) is 40.5. The molecule has 0 aromatic carbocycles. The average molecular weight is 651 g/mol. The molecule has 0 bridgehead atoms. The lowest BCUT2D eigenvalue weighted by atomic mass is 9.43. The monoisotopic (exact) mass is 650 g/mol. The second kappa shape index (κ2) is 12.3. The molecule has 0 spiro atoms. The molecule has 0 amide bonds. The Morgan fingerprint density at radius 2 is 1.45 bits per heavy atom. The highest BCUT2D eigenvalue weighted by molar-refractivity contribution is 6.74. The van der Waals surface area contributed by atoms with Crippen LogP contribution in [0.5, 0.6) is 0 Å². The first kappa shape index (κ1) is 36.6. The predicted octanol–water partition coefficient (Wildman–Crippen LogP) is 9.60. The van der Waals surface area contributed by atoms with Crippen molar-refractivity contribution in [1.82, 2.24) is 0 Å². The van der Waals surface area contributed by atoms with E-state index in [9.17, 15) is 9.90 Å². The Kier molecular flexibility index (Phi) is 10.3. The van der Waals surface area contributed by atoms with E-state index in [0.29, 0.717) is 41.9 Å². The van der Waals surface area contributed by atoms with Gasteiger partial charge in [-0.25, -0.2) is 0 Å². The molecule has 256 valence electrons. The van der Waals surface area contributed by atoms with Crippen LogP contribution in [0.1, 0.15) is 120 Å². The van der Waals surface area contributed by atoms with Crippen molar-refractivity contribution in [1.29, 1.82) is 0 Å². The zero-order chi connectivity index (χ0) is 33.3. The van der Waals surface area contributed by atoms with Crippen molar-refractivity contribution in [2.45, 2.75) is 175 Å². The van der Waals surface area contributed by atoms with Gasteiger partial charge in [0.2, 0.25) is 0 Å². The number of methoxy groups -OCH3 is 1. The minimum Gasteiger partial charge on any atom is -0.469 e. The van der Waals surface area contributed by atoms with Crippen molar-refractivity contribution < 1.29 is 23.5 Å². The Bertz CT molecular complexity index is 1030. The Hall–Kier alpha value is -0.216. The Balaban J connectivity index is 1.66. The molecule has 4 saturated carbocycles. The van der Waals surface area contributed by atoms with Gasteiger partial charge < -0.3 is 18.7 Å². The van der Waals surface area contributed by atoms with E-state index in [1.165, 1.54) is 20.0 Å². The van der Waals surface area contributed by atoms with Crippen LogP contribution < -0.4 is 0 Å². The highest BCUT2D eigenvalue weighted by Crippen LogP contribution is 2.69. The first-order valence-electron chi connectivity index (χ1n) is 18.1. The fourth-order valence-corrected chi connectivity index (χ4v) is 13.0. The SMILES string of the molecule is COC(=O)CC[C@@H](C)[C@H]1CC[C@H]2[C@@H]3CC(O)[C@@H]4C[C@H](O[Si](C)(C)C(C)(C)C)CC[C@]4(C)[C@H]3C[C@H](O[Si](C)(C)C(C)(C)C)[C@]12C. The van der Waals surface area contributed by atoms with E-state index in [1.54, 1.807) is 0 Å². The minimum absolute atomic E-state index is 0.0534. The Morgan fingerprint density at radius 3 is 2.02 bits per heavy atom. The van der Waals surface area contributed by atoms with Crippen LogP contribution in [0, 0.1) is 46.3 Å². The van der Waals surface area contributed by atoms with Crippen molar-refractivity contribution in [3.63, 3.8) is 0 Å². The highest BCUT2D eigenvalue weighted by atomic mass is 28.4. The fourth-order valence-electron chi connectivity index (χ4n) is 10.2. The molecule has 1 unspecified atom stereocenters. The third-order valence-corrected chi connectivity index (χ3v) is 24.0. The summed E-state index contributed by atoms with van der Waals surface area (Å²) in [5.41, 5.74) is 0.165. The van der Waals surface area contributed by atoms with Crippen molar-refractivity contribution >= 4 is 22.6 Å². The molecule has 11 atom stereocenters. The number of rotatable bonds is 8. The van der Waals surface area contributed by atoms with E-state index in [-0.39, 0.29) is 45.2 Å². The zero-order valence-electron chi connectivity index (χ0n) is 31.1. The molecule has 0 radical (unpaired) electrons. The first-order valence-corrected chi connectivity index (χ1v) is 23.9. The molecule has 0 aromatic heterocycles. The molecule has 4 fully saturated rings. The molecule has 0 aromatic rings. The summed E-state index contributed by atoms with van der Waals surface area (Å²) in [7, 11) is -2.41. The molecular weight excluding hydrogens is 581 g/mol. The van der Waals surface area contributed by atoms with Crippen molar-refractivity contribution in [3.8, 4) is 0 Å². The smallest absolute Gasteiger partial charge is 0.305 e. The van der Waals surface area contributed by atoms with Crippen LogP contribution in [-0.2, 0) is 18.4 Å². The summed E-state index contributed by atoms with van der Waals surface area (Å²) >= 11 is 0. The van der Waals surface area contributed by atoms with Crippen molar-refractivity contribution in [2.24, 2.45) is 46.3 Å². The molecule has 0 heterocycles. The van der Waals surface area contributed by atoms with Crippen LogP contribution in [-0.4, -0.2) is 53.1 Å². The number of fused-ring (bicyclic) bond motifs is 5. The lowest BCUT2D eigenvalue weighted by Gasteiger charge is -2.65. The van der Waals surface area contributed by atoms with Crippen molar-refractivity contribution in [2.75, 3.05) is 7.11 Å². The molecule has 44 heavy (non-hydrogen) atoms. The standard InChI is InChI=1S/C37H70O5Si2/c1-24(15-18-33(39)40-10)27-16-17-28-26-22-31(38)30-21-25(41-43(11,12)34(2,3)4)19-20-36(30,8)29(26)23-32(37(27,28)9)42-44(13,14)35(5,6)7/h24-32,38H,15-23H2,1-14H3/t24-,25-,26+,27-,28+,29+,30+,31?,32+,36-,37-/m1/s1. The molecule has 0 aliphatic heterocycles. The van der Waals surface area contributed by atoms with Crippen LogP contribution in [0.3, 0.4) is 0 Å². The summed E-state index contributed by atoms with van der Waals surface area (Å²) in [4.78, 5) is 12.1. The van der Waals surface area contributed by atoms with E-state index in [2.05, 4.69) is 88.5 Å². The largest absolute Gasteiger partial charge is 0.469 e. The third kappa shape index (κ3) is 6.45. The third-order valence-electron chi connectivity index (χ3n) is 15.0. The number of esters is 1. The minimum atomic E-state index is -2.04. The topological polar surface area (TPSA) is 65.0 Å². The van der Waals surface area contributed by atoms with E-state index in [1.807, 2.05) is 0 Å². The van der Waals surface area contributed by atoms with Crippen LogP contribution in [0.4, 0.5) is 0 Å². The van der Waals surface area contributed by atoms with Gasteiger partial charge in [0.05, 0.1) is 19.3 Å². The molecule has 4 rings (SSSR count). The van der Waals surface area contributed by atoms with E-state index >= 15 is 0 Å². The van der Waals surface area contributed by atoms with Gasteiger partial charge in [-0.2, -0.15) is 0 Å². The number of carbonyl (C=O) groups is 1. The van der Waals surface area contributed by atoms with Gasteiger partial charge in [-0.05, 0) is 134 Å². The van der Waals surface area contributed by atoms with Crippen LogP contribution in [0.2, 0.25) is 36.3 Å². The van der Waals surface area contributed by atoms with Gasteiger partial charge in [-0.1, -0.05) is 62.3 Å². The second-order valence-electron chi connectivity index (χ2n) is 19.3. The fraction of sp³-hybridized carbons (Fsp3) is 0.973. The lowest BCUT2D eigenvalue weighted by molar-refractivity contribution is -0.198. The maximum Gasteiger partial charge on any atom is 0.305 e. The average Bonchev–Trinajstić information content (AvgIpc) is 3.25. The molecule has 4 aliphatic rings. The van der Waals surface area contributed by atoms with Crippen molar-refractivity contribution in [3.05, 3.63) is 0 Å². The Labute approximate surface area is 273 Å². The molecule has 7 heteroatoms. The zero-order valence-corrected chi connectivity index (χ0v) is 33.1. The van der Waals surface area contributed by atoms with Crippen LogP contribution in [0.15, 0.2) is 0 Å². The number of hydrogen-bond acceptors (Lipinski definition) is 5. The first-order chi connectivity index (χ1) is 20.0. The van der Waals surface area contributed by atoms with E-state index < -0.39 is 16.6 Å². The lowest BCUT2D eigenvalue weighted by Crippen LogP contribution is -2.64. The van der Waals surface area contributed by atoms with Gasteiger partial charge >= 0.3 is 5.97 Å². The number of ether oxygens (including phenoxy) is 1. The number of aliphatic hydroxyl groups is 1. The van der Waals surface area contributed by atoms with Gasteiger partial charge in [-0.15, -0.1) is 0 Å². The van der Waals surface area contributed by atoms with E-state index in [4.69, 9.17) is 13.6 Å². The molecule has 5 nitrogen and oxygen atoms in total. The molecule has 4 aliphatic carbocycles. The number of hydrogen-bond donors (Lipinski definition) is 1. The maximum atomic E-state index is 12.1. The number of aliphatic hydroxyl groups excluding tert-OH is 1. The van der Waals surface area contributed by atoms with Crippen LogP contribution >= 0.6 is 0 Å². The summed E-state index contributed by atoms with van der Waals surface area (Å²) < 4.78 is 19.6.